The van der Waals surface area contributed by atoms with Crippen molar-refractivity contribution in [1.29, 1.82) is 0 Å². The van der Waals surface area contributed by atoms with Gasteiger partial charge in [-0.15, -0.1) is 11.8 Å². The van der Waals surface area contributed by atoms with Crippen LogP contribution in [0.25, 0.3) is 0 Å². The third-order valence-electron chi connectivity index (χ3n) is 10.1. The molecule has 0 aromatic heterocycles. The van der Waals surface area contributed by atoms with E-state index in [9.17, 15) is 0 Å². The first-order chi connectivity index (χ1) is 22.3. The molecule has 0 N–H and O–H groups in total. The van der Waals surface area contributed by atoms with E-state index < -0.39 is 0 Å². The highest BCUT2D eigenvalue weighted by molar-refractivity contribution is 8.02. The topological polar surface area (TPSA) is 6.25 Å². The average molecular weight is 628 g/mol. The van der Waals surface area contributed by atoms with Gasteiger partial charge >= 0.3 is 0 Å². The van der Waals surface area contributed by atoms with Gasteiger partial charge in [-0.1, -0.05) is 107 Å². The van der Waals surface area contributed by atoms with E-state index in [1.165, 1.54) is 61.9 Å². The summed E-state index contributed by atoms with van der Waals surface area (Å²) >= 11 is 2.02. The van der Waals surface area contributed by atoms with Gasteiger partial charge in [-0.05, 0) is 73.9 Å². The molecule has 0 spiro atoms. The number of thioether (sulfide) groups is 1. The first-order valence-electron chi connectivity index (χ1n) is 17.4. The summed E-state index contributed by atoms with van der Waals surface area (Å²) in [4.78, 5) is 4.03. The summed E-state index contributed by atoms with van der Waals surface area (Å²) in [5.74, 6) is 0.982. The van der Waals surface area contributed by atoms with Crippen LogP contribution in [0.5, 0.6) is 0 Å². The molecule has 46 heavy (non-hydrogen) atoms. The Bertz CT molecular complexity index is 1730. The van der Waals surface area contributed by atoms with Gasteiger partial charge in [0, 0.05) is 58.1 Å². The number of fused-ring (bicyclic) bond motifs is 2. The van der Waals surface area contributed by atoms with Crippen LogP contribution in [0.4, 0.5) is 11.4 Å². The Morgan fingerprint density at radius 3 is 2.24 bits per heavy atom. The van der Waals surface area contributed by atoms with Gasteiger partial charge in [-0.2, -0.15) is 4.58 Å². The fraction of sp³-hybridized carbons (Fsp3) is 0.372. The van der Waals surface area contributed by atoms with Gasteiger partial charge < -0.3 is 4.90 Å². The quantitative estimate of drug-likeness (QED) is 0.206. The highest BCUT2D eigenvalue weighted by Crippen LogP contribution is 2.48. The molecule has 0 atom stereocenters. The number of rotatable bonds is 10. The van der Waals surface area contributed by atoms with Crippen molar-refractivity contribution in [2.75, 3.05) is 18.0 Å². The molecule has 2 nitrogen and oxygen atoms in total. The lowest BCUT2D eigenvalue weighted by atomic mass is 9.81. The highest BCUT2D eigenvalue weighted by atomic mass is 32.2. The highest BCUT2D eigenvalue weighted by Gasteiger charge is 2.44. The molecule has 0 saturated heterocycles. The van der Waals surface area contributed by atoms with Gasteiger partial charge in [-0.3, -0.25) is 0 Å². The maximum absolute atomic E-state index is 2.56. The van der Waals surface area contributed by atoms with Crippen LogP contribution < -0.4 is 4.90 Å². The molecule has 3 heteroatoms. The van der Waals surface area contributed by atoms with Crippen LogP contribution in [0, 0.1) is 0 Å². The SMILES string of the molecule is CCCN1/C(=C/C=C2\CCCC(/C=C/C3=[N+](CCC)c4ccccc4C3(C)C)=C2SCc2ccccc2)C(C)(C)c2ccccc21. The summed E-state index contributed by atoms with van der Waals surface area (Å²) in [5, 5.41) is 0. The normalized spacial score (nSPS) is 20.3. The Labute approximate surface area is 282 Å². The summed E-state index contributed by atoms with van der Waals surface area (Å²) < 4.78 is 2.56. The van der Waals surface area contributed by atoms with Crippen LogP contribution in [0.2, 0.25) is 0 Å². The number of hydrogen-bond acceptors (Lipinski definition) is 2. The summed E-state index contributed by atoms with van der Waals surface area (Å²) in [6.45, 7) is 16.2. The number of allylic oxidation sites excluding steroid dienone is 7. The van der Waals surface area contributed by atoms with Gasteiger partial charge in [0.15, 0.2) is 5.71 Å². The molecule has 6 rings (SSSR count). The van der Waals surface area contributed by atoms with Crippen molar-refractivity contribution in [2.24, 2.45) is 0 Å². The Balaban J connectivity index is 1.42. The Kier molecular flexibility index (Phi) is 9.62. The molecule has 0 saturated carbocycles. The number of hydrogen-bond donors (Lipinski definition) is 0. The molecule has 2 aliphatic heterocycles. The van der Waals surface area contributed by atoms with Crippen LogP contribution in [0.3, 0.4) is 0 Å². The van der Waals surface area contributed by atoms with Crippen LogP contribution in [-0.2, 0) is 16.6 Å². The Hall–Kier alpha value is -3.56. The first kappa shape index (κ1) is 32.4. The molecular weight excluding hydrogens is 577 g/mol. The van der Waals surface area contributed by atoms with E-state index in [2.05, 4.69) is 154 Å². The van der Waals surface area contributed by atoms with E-state index >= 15 is 0 Å². The molecule has 0 fully saturated rings. The molecule has 3 aromatic carbocycles. The summed E-state index contributed by atoms with van der Waals surface area (Å²) in [7, 11) is 0. The predicted octanol–water partition coefficient (Wildman–Crippen LogP) is 11.4. The molecule has 3 aromatic rings. The zero-order valence-corrected chi connectivity index (χ0v) is 29.6. The largest absolute Gasteiger partial charge is 0.344 e. The molecule has 0 radical (unpaired) electrons. The van der Waals surface area contributed by atoms with Crippen molar-refractivity contribution in [1.82, 2.24) is 0 Å². The van der Waals surface area contributed by atoms with Gasteiger partial charge in [-0.25, -0.2) is 0 Å². The van der Waals surface area contributed by atoms with Gasteiger partial charge in [0.2, 0.25) is 5.69 Å². The zero-order valence-electron chi connectivity index (χ0n) is 28.8. The van der Waals surface area contributed by atoms with Gasteiger partial charge in [0.05, 0.1) is 5.41 Å². The third kappa shape index (κ3) is 6.11. The minimum absolute atomic E-state index is 0.0241. The fourth-order valence-electron chi connectivity index (χ4n) is 7.71. The fourth-order valence-corrected chi connectivity index (χ4v) is 8.92. The molecular formula is C43H51N2S+. The van der Waals surface area contributed by atoms with E-state index in [1.54, 1.807) is 0 Å². The lowest BCUT2D eigenvalue weighted by Gasteiger charge is -2.27. The predicted molar refractivity (Wildman–Crippen MR) is 201 cm³/mol. The minimum Gasteiger partial charge on any atom is -0.344 e. The number of anilines is 1. The number of nitrogens with zero attached hydrogens (tertiary/aromatic N) is 2. The minimum atomic E-state index is -0.0241. The molecule has 1 aliphatic carbocycles. The van der Waals surface area contributed by atoms with E-state index in [0.29, 0.717) is 0 Å². The van der Waals surface area contributed by atoms with Gasteiger partial charge in [0.25, 0.3) is 0 Å². The standard InChI is InChI=1S/C43H51N2S/c1-7-29-44-37-23-14-12-21-35(37)42(3,4)39(44)27-25-33-19-16-20-34(41(33)46-31-32-17-10-9-11-18-32)26-28-40-43(5,6)36-22-13-15-24-38(36)45(40)30-8-2/h9-15,17-18,21-28H,7-8,16,19-20,29-31H2,1-6H3/q+1. The van der Waals surface area contributed by atoms with Crippen molar-refractivity contribution in [3.8, 4) is 0 Å². The maximum atomic E-state index is 2.56. The van der Waals surface area contributed by atoms with Crippen molar-refractivity contribution in [3.63, 3.8) is 0 Å². The Morgan fingerprint density at radius 1 is 0.761 bits per heavy atom. The summed E-state index contributed by atoms with van der Waals surface area (Å²) in [6.07, 6.45) is 15.5. The van der Waals surface area contributed by atoms with Gasteiger partial charge in [0.1, 0.15) is 6.54 Å². The second-order valence-corrected chi connectivity index (χ2v) is 15.0. The number of para-hydroxylation sites is 2. The number of benzene rings is 3. The van der Waals surface area contributed by atoms with Crippen LogP contribution in [0.1, 0.15) is 90.3 Å². The first-order valence-corrected chi connectivity index (χ1v) is 18.4. The molecule has 0 bridgehead atoms. The summed E-state index contributed by atoms with van der Waals surface area (Å²) in [6, 6.07) is 28.9. The second-order valence-electron chi connectivity index (χ2n) is 14.0. The van der Waals surface area contributed by atoms with Crippen LogP contribution in [-0.4, -0.2) is 23.4 Å². The second kappa shape index (κ2) is 13.7. The van der Waals surface area contributed by atoms with E-state index in [-0.39, 0.29) is 10.8 Å². The Morgan fingerprint density at radius 2 is 1.48 bits per heavy atom. The molecule has 0 unspecified atom stereocenters. The van der Waals surface area contributed by atoms with Crippen molar-refractivity contribution >= 4 is 28.8 Å². The van der Waals surface area contributed by atoms with Crippen LogP contribution in [0.15, 0.2) is 125 Å². The smallest absolute Gasteiger partial charge is 0.209 e. The monoisotopic (exact) mass is 627 g/mol. The maximum Gasteiger partial charge on any atom is 0.209 e. The summed E-state index contributed by atoms with van der Waals surface area (Å²) in [5.41, 5.74) is 12.7. The van der Waals surface area contributed by atoms with E-state index in [4.69, 9.17) is 0 Å². The van der Waals surface area contributed by atoms with Crippen LogP contribution >= 0.6 is 11.8 Å². The lowest BCUT2D eigenvalue weighted by Crippen LogP contribution is -2.28. The zero-order chi connectivity index (χ0) is 32.3. The van der Waals surface area contributed by atoms with E-state index in [1.807, 2.05) is 11.8 Å². The molecule has 3 aliphatic rings. The molecule has 238 valence electrons. The average Bonchev–Trinajstić information content (AvgIpc) is 3.41. The van der Waals surface area contributed by atoms with Crippen molar-refractivity contribution in [2.45, 2.75) is 90.2 Å². The molecule has 2 heterocycles. The van der Waals surface area contributed by atoms with E-state index in [0.717, 1.165) is 44.5 Å². The van der Waals surface area contributed by atoms with Crippen molar-refractivity contribution in [3.05, 3.63) is 142 Å². The van der Waals surface area contributed by atoms with Crippen molar-refractivity contribution < 1.29 is 4.58 Å². The molecule has 0 amide bonds. The lowest BCUT2D eigenvalue weighted by molar-refractivity contribution is -0.437. The third-order valence-corrected chi connectivity index (χ3v) is 11.4.